The summed E-state index contributed by atoms with van der Waals surface area (Å²) in [5.74, 6) is 7.54. The van der Waals surface area contributed by atoms with E-state index in [1.54, 1.807) is 5.38 Å². The van der Waals surface area contributed by atoms with Gasteiger partial charge in [0.05, 0.1) is 0 Å². The number of hydrogen-bond donors (Lipinski definition) is 2. The monoisotopic (exact) mass is 154 g/mol. The molecule has 0 bridgehead atoms. The lowest BCUT2D eigenvalue weighted by atomic mass is 10.3. The molecule has 10 heavy (non-hydrogen) atoms. The molecular weight excluding hydrogens is 148 g/mol. The number of nitrogens with two attached hydrogens (primary N) is 1. The number of nitrogens with one attached hydrogen (secondary N) is 1. The highest BCUT2D eigenvalue weighted by atomic mass is 32.1. The van der Waals surface area contributed by atoms with Crippen LogP contribution in [0.15, 0.2) is 5.38 Å². The van der Waals surface area contributed by atoms with E-state index in [1.807, 2.05) is 0 Å². The van der Waals surface area contributed by atoms with Gasteiger partial charge < -0.3 is 0 Å². The zero-order chi connectivity index (χ0) is 7.40. The number of hydrazine groups is 1. The quantitative estimate of drug-likeness (QED) is 0.348. The van der Waals surface area contributed by atoms with Crippen LogP contribution in [0, 0.1) is 12.3 Å². The lowest BCUT2D eigenvalue weighted by Crippen LogP contribution is -2.26. The van der Waals surface area contributed by atoms with Crippen molar-refractivity contribution in [2.75, 3.05) is 0 Å². The van der Waals surface area contributed by atoms with E-state index in [9.17, 15) is 0 Å². The highest BCUT2D eigenvalue weighted by molar-refractivity contribution is 7.03. The number of rotatable bonds is 2. The first-order chi connectivity index (χ1) is 4.88. The van der Waals surface area contributed by atoms with Crippen molar-refractivity contribution in [3.05, 3.63) is 11.1 Å². The molecule has 0 aromatic carbocycles. The molecule has 1 aromatic rings. The summed E-state index contributed by atoms with van der Waals surface area (Å²) in [4.78, 5) is 0. The van der Waals surface area contributed by atoms with Crippen LogP contribution in [-0.4, -0.2) is 9.59 Å². The number of aromatic nitrogens is 2. The largest absolute Gasteiger partial charge is 0.270 e. The van der Waals surface area contributed by atoms with E-state index in [-0.39, 0.29) is 6.04 Å². The van der Waals surface area contributed by atoms with Gasteiger partial charge in [-0.3, -0.25) is 5.84 Å². The molecule has 4 nitrogen and oxygen atoms in total. The molecule has 0 fully saturated rings. The predicted octanol–water partition coefficient (Wildman–Crippen LogP) is -0.324. The normalized spacial score (nSPS) is 12.4. The van der Waals surface area contributed by atoms with Crippen LogP contribution in [-0.2, 0) is 0 Å². The topological polar surface area (TPSA) is 63.8 Å². The van der Waals surface area contributed by atoms with Crippen molar-refractivity contribution >= 4 is 11.5 Å². The van der Waals surface area contributed by atoms with E-state index < -0.39 is 0 Å². The van der Waals surface area contributed by atoms with Gasteiger partial charge in [-0.2, -0.15) is 0 Å². The third-order valence-corrected chi connectivity index (χ3v) is 1.53. The second-order valence-electron chi connectivity index (χ2n) is 1.60. The third-order valence-electron chi connectivity index (χ3n) is 1.01. The Labute approximate surface area is 62.6 Å². The van der Waals surface area contributed by atoms with Gasteiger partial charge in [0.2, 0.25) is 0 Å². The van der Waals surface area contributed by atoms with Crippen molar-refractivity contribution in [3.63, 3.8) is 0 Å². The lowest BCUT2D eigenvalue weighted by Gasteiger charge is -2.01. The van der Waals surface area contributed by atoms with Crippen LogP contribution >= 0.6 is 11.5 Å². The highest BCUT2D eigenvalue weighted by Crippen LogP contribution is 2.07. The molecule has 0 radical (unpaired) electrons. The number of terminal acetylenes is 1. The molecule has 0 aliphatic carbocycles. The van der Waals surface area contributed by atoms with Gasteiger partial charge in [-0.25, -0.2) is 5.43 Å². The fourth-order valence-electron chi connectivity index (χ4n) is 0.516. The van der Waals surface area contributed by atoms with Gasteiger partial charge in [0.25, 0.3) is 0 Å². The zero-order valence-corrected chi connectivity index (χ0v) is 5.93. The van der Waals surface area contributed by atoms with E-state index in [0.29, 0.717) is 5.69 Å². The van der Waals surface area contributed by atoms with Gasteiger partial charge in [0.15, 0.2) is 0 Å². The second-order valence-corrected chi connectivity index (χ2v) is 2.21. The van der Waals surface area contributed by atoms with E-state index in [1.165, 1.54) is 11.5 Å². The first-order valence-electron chi connectivity index (χ1n) is 2.57. The molecule has 1 unspecified atom stereocenters. The Morgan fingerprint density at radius 1 is 1.90 bits per heavy atom. The standard InChI is InChI=1S/C5H6N4S/c1-2-4(7-6)5-3-10-9-8-5/h1,3-4,7H,6H2. The minimum atomic E-state index is -0.321. The molecular formula is C5H6N4S. The summed E-state index contributed by atoms with van der Waals surface area (Å²) in [5.41, 5.74) is 3.11. The Hall–Kier alpha value is -0.960. The fourth-order valence-corrected chi connectivity index (χ4v) is 0.996. The van der Waals surface area contributed by atoms with E-state index in [4.69, 9.17) is 12.3 Å². The summed E-state index contributed by atoms with van der Waals surface area (Å²) < 4.78 is 3.64. The average molecular weight is 154 g/mol. The summed E-state index contributed by atoms with van der Waals surface area (Å²) in [6, 6.07) is -0.321. The van der Waals surface area contributed by atoms with Crippen LogP contribution in [0.2, 0.25) is 0 Å². The van der Waals surface area contributed by atoms with Gasteiger partial charge in [-0.15, -0.1) is 11.5 Å². The minimum Gasteiger partial charge on any atom is -0.270 e. The Balaban J connectivity index is 2.76. The zero-order valence-electron chi connectivity index (χ0n) is 5.11. The van der Waals surface area contributed by atoms with Gasteiger partial charge in [0.1, 0.15) is 11.7 Å². The summed E-state index contributed by atoms with van der Waals surface area (Å²) in [6.07, 6.45) is 5.12. The van der Waals surface area contributed by atoms with Crippen molar-refractivity contribution in [1.82, 2.24) is 15.0 Å². The van der Waals surface area contributed by atoms with E-state index in [0.717, 1.165) is 0 Å². The van der Waals surface area contributed by atoms with Crippen molar-refractivity contribution in [3.8, 4) is 12.3 Å². The molecule has 5 heteroatoms. The van der Waals surface area contributed by atoms with Crippen LogP contribution in [0.3, 0.4) is 0 Å². The van der Waals surface area contributed by atoms with E-state index >= 15 is 0 Å². The minimum absolute atomic E-state index is 0.321. The summed E-state index contributed by atoms with van der Waals surface area (Å²) in [6.45, 7) is 0. The van der Waals surface area contributed by atoms with Gasteiger partial charge in [-0.05, 0) is 11.5 Å². The SMILES string of the molecule is C#CC(NN)c1csnn1. The molecule has 52 valence electrons. The molecule has 0 saturated heterocycles. The Morgan fingerprint density at radius 2 is 2.70 bits per heavy atom. The summed E-state index contributed by atoms with van der Waals surface area (Å²) in [7, 11) is 0. The highest BCUT2D eigenvalue weighted by Gasteiger charge is 2.06. The van der Waals surface area contributed by atoms with Crippen molar-refractivity contribution in [2.24, 2.45) is 5.84 Å². The first kappa shape index (κ1) is 7.15. The molecule has 0 aliphatic heterocycles. The Kier molecular flexibility index (Phi) is 2.34. The maximum absolute atomic E-state index is 5.12. The van der Waals surface area contributed by atoms with E-state index in [2.05, 4.69) is 20.9 Å². The molecule has 0 amide bonds. The molecule has 1 rings (SSSR count). The fraction of sp³-hybridized carbons (Fsp3) is 0.200. The predicted molar refractivity (Wildman–Crippen MR) is 38.8 cm³/mol. The summed E-state index contributed by atoms with van der Waals surface area (Å²) >= 11 is 1.25. The van der Waals surface area contributed by atoms with Crippen LogP contribution in [0.1, 0.15) is 11.7 Å². The van der Waals surface area contributed by atoms with Gasteiger partial charge >= 0.3 is 0 Å². The molecule has 1 aromatic heterocycles. The van der Waals surface area contributed by atoms with Crippen molar-refractivity contribution in [1.29, 1.82) is 0 Å². The van der Waals surface area contributed by atoms with Crippen LogP contribution in [0.25, 0.3) is 0 Å². The molecule has 0 aliphatic rings. The Morgan fingerprint density at radius 3 is 3.10 bits per heavy atom. The average Bonchev–Trinajstić information content (AvgIpc) is 2.43. The van der Waals surface area contributed by atoms with Gasteiger partial charge in [-0.1, -0.05) is 10.4 Å². The second kappa shape index (κ2) is 3.27. The molecule has 3 N–H and O–H groups in total. The maximum Gasteiger partial charge on any atom is 0.126 e. The molecule has 0 spiro atoms. The molecule has 1 atom stereocenters. The first-order valence-corrected chi connectivity index (χ1v) is 3.41. The smallest absolute Gasteiger partial charge is 0.126 e. The maximum atomic E-state index is 5.12. The van der Waals surface area contributed by atoms with Crippen LogP contribution < -0.4 is 11.3 Å². The lowest BCUT2D eigenvalue weighted by molar-refractivity contribution is 0.654. The Bertz CT molecular complexity index is 224. The number of nitrogens with zero attached hydrogens (tertiary/aromatic N) is 2. The van der Waals surface area contributed by atoms with Crippen molar-refractivity contribution in [2.45, 2.75) is 6.04 Å². The number of hydrogen-bond acceptors (Lipinski definition) is 5. The third kappa shape index (κ3) is 1.30. The molecule has 0 saturated carbocycles. The van der Waals surface area contributed by atoms with Gasteiger partial charge in [0, 0.05) is 5.38 Å². The van der Waals surface area contributed by atoms with Crippen LogP contribution in [0.5, 0.6) is 0 Å². The van der Waals surface area contributed by atoms with Crippen molar-refractivity contribution < 1.29 is 0 Å². The molecule has 1 heterocycles. The van der Waals surface area contributed by atoms with Crippen LogP contribution in [0.4, 0.5) is 0 Å². The summed E-state index contributed by atoms with van der Waals surface area (Å²) in [5, 5.41) is 5.50.